The van der Waals surface area contributed by atoms with E-state index in [1.54, 1.807) is 0 Å². The third-order valence-corrected chi connectivity index (χ3v) is 12.5. The first kappa shape index (κ1) is 70.7. The van der Waals surface area contributed by atoms with E-state index in [4.69, 9.17) is 28.4 Å². The molecule has 0 amide bonds. The van der Waals surface area contributed by atoms with Gasteiger partial charge in [-0.25, -0.2) is 0 Å². The number of carbonyl (C=O) groups is 1. The van der Waals surface area contributed by atoms with Crippen LogP contribution < -0.4 is 0 Å². The van der Waals surface area contributed by atoms with Crippen LogP contribution in [0, 0.1) is 0 Å². The summed E-state index contributed by atoms with van der Waals surface area (Å²) in [5.74, 6) is -0.441. The zero-order chi connectivity index (χ0) is 57.2. The Hall–Kier alpha value is -4.39. The summed E-state index contributed by atoms with van der Waals surface area (Å²) in [4.78, 5) is 13.1. The van der Waals surface area contributed by atoms with Gasteiger partial charge in [-0.05, 0) is 122 Å². The molecule has 79 heavy (non-hydrogen) atoms. The second-order valence-electron chi connectivity index (χ2n) is 19.3. The van der Waals surface area contributed by atoms with Gasteiger partial charge in [-0.1, -0.05) is 172 Å². The maximum atomic E-state index is 13.1. The van der Waals surface area contributed by atoms with Crippen LogP contribution in [0.4, 0.5) is 0 Å². The fourth-order valence-corrected chi connectivity index (χ4v) is 7.91. The van der Waals surface area contributed by atoms with Crippen molar-refractivity contribution < 1.29 is 69.0 Å². The van der Waals surface area contributed by atoms with Crippen LogP contribution in [0.5, 0.6) is 0 Å². The third kappa shape index (κ3) is 35.9. The lowest BCUT2D eigenvalue weighted by molar-refractivity contribution is -0.332. The van der Waals surface area contributed by atoms with E-state index in [1.807, 2.05) is 0 Å². The van der Waals surface area contributed by atoms with Crippen molar-refractivity contribution in [2.45, 2.75) is 210 Å². The summed E-state index contributed by atoms with van der Waals surface area (Å²) in [7, 11) is 0. The van der Waals surface area contributed by atoms with Crippen molar-refractivity contribution in [3.8, 4) is 0 Å². The molecular weight excluding hydrogens is 1000 g/mol. The molecule has 0 aromatic heterocycles. The van der Waals surface area contributed by atoms with E-state index in [1.165, 1.54) is 0 Å². The standard InChI is InChI=1S/C65H100O14/c1-3-5-7-9-11-13-15-17-19-21-23-25-26-27-29-31-33-35-37-39-41-43-45-47-49-74-51-54(52-75-64-63(73)61(71)59(69)56(79-64)53-76-65-62(72)60(70)58(68)55(50-66)78-65)77-57(67)48-46-44-42-40-38-36-34-32-30-28-24-22-20-18-16-14-12-10-8-6-4-2/h5-8,11-14,17-20,23-25,27-29,32-35,38-41,54-56,58-66,68-73H,3-4,9-10,15-16,21-22,26,30-31,36-37,42-53H2,1-2H3/b7-5-,8-6-,13-11-,14-12-,19-17-,20-18-,25-23-,28-24-,29-27-,34-32-,35-33-,40-38-,41-39-. The van der Waals surface area contributed by atoms with Crippen LogP contribution >= 0.6 is 0 Å². The molecule has 0 bridgehead atoms. The first-order valence-electron chi connectivity index (χ1n) is 29.1. The fraction of sp³-hybridized carbons (Fsp3) is 0.585. The Kier molecular flexibility index (Phi) is 44.2. The molecule has 14 nitrogen and oxygen atoms in total. The molecule has 2 heterocycles. The summed E-state index contributed by atoms with van der Waals surface area (Å²) in [5.41, 5.74) is 0. The second kappa shape index (κ2) is 49.4. The number of aliphatic hydroxyl groups is 7. The summed E-state index contributed by atoms with van der Waals surface area (Å²) in [6.07, 6.45) is 57.3. The van der Waals surface area contributed by atoms with E-state index in [0.717, 1.165) is 116 Å². The Balaban J connectivity index is 1.78. The number of rotatable bonds is 44. The number of hydrogen-bond donors (Lipinski definition) is 7. The molecule has 11 atom stereocenters. The Morgan fingerprint density at radius 2 is 0.772 bits per heavy atom. The van der Waals surface area contributed by atoms with Crippen LogP contribution in [0.15, 0.2) is 158 Å². The highest BCUT2D eigenvalue weighted by Gasteiger charge is 2.47. The van der Waals surface area contributed by atoms with Gasteiger partial charge in [-0.2, -0.15) is 0 Å². The van der Waals surface area contributed by atoms with Crippen molar-refractivity contribution in [2.24, 2.45) is 0 Å². The lowest BCUT2D eigenvalue weighted by Gasteiger charge is -2.42. The van der Waals surface area contributed by atoms with Gasteiger partial charge in [0.25, 0.3) is 0 Å². The highest BCUT2D eigenvalue weighted by atomic mass is 16.7. The van der Waals surface area contributed by atoms with E-state index in [-0.39, 0.29) is 19.6 Å². The number of ether oxygens (including phenoxy) is 6. The SMILES string of the molecule is CC/C=C\C/C=C\C/C=C\C/C=C\C/C=C\C/C=C\C/C=C\CCCCOCC(COC1OC(COC2OC(CO)C(O)C(O)C2O)C(O)C(O)C1O)OC(=O)CCCC/C=C\C/C=C\C/C=C\C/C=C\C/C=C\C/C=C\CC. The number of unbranched alkanes of at least 4 members (excludes halogenated alkanes) is 4. The Morgan fingerprint density at radius 1 is 0.418 bits per heavy atom. The molecule has 0 aromatic rings. The summed E-state index contributed by atoms with van der Waals surface area (Å²) in [6.45, 7) is 3.24. The largest absolute Gasteiger partial charge is 0.457 e. The molecule has 0 saturated carbocycles. The molecule has 2 rings (SSSR count). The van der Waals surface area contributed by atoms with Crippen LogP contribution in [0.2, 0.25) is 0 Å². The van der Waals surface area contributed by atoms with Gasteiger partial charge in [-0.15, -0.1) is 0 Å². The van der Waals surface area contributed by atoms with Gasteiger partial charge >= 0.3 is 5.97 Å². The zero-order valence-corrected chi connectivity index (χ0v) is 47.5. The maximum absolute atomic E-state index is 13.1. The average molecular weight is 1110 g/mol. The van der Waals surface area contributed by atoms with E-state index in [9.17, 15) is 40.5 Å². The van der Waals surface area contributed by atoms with E-state index < -0.39 is 86.7 Å². The monoisotopic (exact) mass is 1100 g/mol. The molecule has 2 aliphatic heterocycles. The van der Waals surface area contributed by atoms with Gasteiger partial charge in [0.15, 0.2) is 12.6 Å². The Bertz CT molecular complexity index is 1910. The van der Waals surface area contributed by atoms with Crippen LogP contribution in [-0.2, 0) is 33.2 Å². The zero-order valence-electron chi connectivity index (χ0n) is 47.5. The molecule has 7 N–H and O–H groups in total. The molecule has 2 saturated heterocycles. The number of aliphatic hydroxyl groups excluding tert-OH is 7. The first-order valence-corrected chi connectivity index (χ1v) is 29.1. The predicted octanol–water partition coefficient (Wildman–Crippen LogP) is 10.6. The lowest BCUT2D eigenvalue weighted by atomic mass is 9.98. The molecule has 2 fully saturated rings. The summed E-state index contributed by atoms with van der Waals surface area (Å²) >= 11 is 0. The Labute approximate surface area is 474 Å². The van der Waals surface area contributed by atoms with Crippen LogP contribution in [0.25, 0.3) is 0 Å². The highest BCUT2D eigenvalue weighted by Crippen LogP contribution is 2.26. The molecule has 444 valence electrons. The average Bonchev–Trinajstić information content (AvgIpc) is 3.46. The quantitative estimate of drug-likeness (QED) is 0.0172. The number of allylic oxidation sites excluding steroid dienone is 26. The van der Waals surface area contributed by atoms with Crippen molar-refractivity contribution in [1.29, 1.82) is 0 Å². The third-order valence-electron chi connectivity index (χ3n) is 12.5. The van der Waals surface area contributed by atoms with E-state index in [2.05, 4.69) is 172 Å². The predicted molar refractivity (Wildman–Crippen MR) is 316 cm³/mol. The molecule has 11 unspecified atom stereocenters. The minimum atomic E-state index is -1.74. The van der Waals surface area contributed by atoms with Crippen molar-refractivity contribution in [1.82, 2.24) is 0 Å². The molecule has 2 aliphatic rings. The first-order chi connectivity index (χ1) is 38.6. The van der Waals surface area contributed by atoms with Crippen molar-refractivity contribution in [2.75, 3.05) is 33.0 Å². The summed E-state index contributed by atoms with van der Waals surface area (Å²) in [5, 5.41) is 72.4. The molecule has 0 aromatic carbocycles. The number of hydrogen-bond acceptors (Lipinski definition) is 14. The topological polar surface area (TPSA) is 214 Å². The van der Waals surface area contributed by atoms with Gasteiger partial charge in [-0.3, -0.25) is 4.79 Å². The molecule has 14 heteroatoms. The minimum absolute atomic E-state index is 0.000439. The second-order valence-corrected chi connectivity index (χ2v) is 19.3. The van der Waals surface area contributed by atoms with Crippen LogP contribution in [0.1, 0.15) is 142 Å². The van der Waals surface area contributed by atoms with Crippen molar-refractivity contribution in [3.05, 3.63) is 158 Å². The maximum Gasteiger partial charge on any atom is 0.306 e. The Morgan fingerprint density at radius 3 is 1.18 bits per heavy atom. The smallest absolute Gasteiger partial charge is 0.306 e. The van der Waals surface area contributed by atoms with Crippen molar-refractivity contribution >= 4 is 5.97 Å². The molecule has 0 spiro atoms. The van der Waals surface area contributed by atoms with Crippen molar-refractivity contribution in [3.63, 3.8) is 0 Å². The minimum Gasteiger partial charge on any atom is -0.457 e. The van der Waals surface area contributed by atoms with Gasteiger partial charge in [0, 0.05) is 13.0 Å². The molecular formula is C65H100O14. The fourth-order valence-electron chi connectivity index (χ4n) is 7.91. The molecule has 0 radical (unpaired) electrons. The van der Waals surface area contributed by atoms with E-state index in [0.29, 0.717) is 13.0 Å². The lowest BCUT2D eigenvalue weighted by Crippen LogP contribution is -2.61. The number of esters is 1. The highest BCUT2D eigenvalue weighted by molar-refractivity contribution is 5.69. The van der Waals surface area contributed by atoms with Gasteiger partial charge in [0.05, 0.1) is 26.4 Å². The van der Waals surface area contributed by atoms with Gasteiger partial charge < -0.3 is 64.2 Å². The number of carbonyl (C=O) groups excluding carboxylic acids is 1. The van der Waals surface area contributed by atoms with Crippen LogP contribution in [-0.4, -0.2) is 142 Å². The van der Waals surface area contributed by atoms with Gasteiger partial charge in [0.1, 0.15) is 54.9 Å². The van der Waals surface area contributed by atoms with Crippen LogP contribution in [0.3, 0.4) is 0 Å². The van der Waals surface area contributed by atoms with E-state index >= 15 is 0 Å². The molecule has 0 aliphatic carbocycles. The normalized spacial score (nSPS) is 25.2. The summed E-state index contributed by atoms with van der Waals surface area (Å²) in [6, 6.07) is 0. The summed E-state index contributed by atoms with van der Waals surface area (Å²) < 4.78 is 34.3. The van der Waals surface area contributed by atoms with Gasteiger partial charge in [0.2, 0.25) is 0 Å².